The van der Waals surface area contributed by atoms with Gasteiger partial charge in [-0.1, -0.05) is 30.3 Å². The summed E-state index contributed by atoms with van der Waals surface area (Å²) in [5, 5.41) is 11.9. The summed E-state index contributed by atoms with van der Waals surface area (Å²) in [5.74, 6) is -0.988. The molecule has 1 aliphatic rings. The van der Waals surface area contributed by atoms with Gasteiger partial charge in [0, 0.05) is 18.3 Å². The van der Waals surface area contributed by atoms with Crippen LogP contribution in [0.5, 0.6) is 0 Å². The average Bonchev–Trinajstić information content (AvgIpc) is 3.44. The van der Waals surface area contributed by atoms with E-state index in [0.29, 0.717) is 6.61 Å². The lowest BCUT2D eigenvalue weighted by atomic mass is 10.1. The zero-order valence-electron chi connectivity index (χ0n) is 14.4. The molecule has 2 N–H and O–H groups in total. The Kier molecular flexibility index (Phi) is 5.96. The van der Waals surface area contributed by atoms with Gasteiger partial charge in [-0.2, -0.15) is 0 Å². The summed E-state index contributed by atoms with van der Waals surface area (Å²) in [4.78, 5) is 27.5. The topological polar surface area (TPSA) is 88.5 Å². The molecule has 1 aromatic carbocycles. The van der Waals surface area contributed by atoms with E-state index in [0.717, 1.165) is 17.5 Å². The first kappa shape index (κ1) is 18.1. The number of carbonyl (C=O) groups excluding carboxylic acids is 1. The third kappa shape index (κ3) is 5.13. The maximum absolute atomic E-state index is 12.4. The predicted molar refractivity (Wildman–Crippen MR) is 95.4 cm³/mol. The second kappa shape index (κ2) is 8.58. The minimum absolute atomic E-state index is 0.109. The molecule has 0 spiro atoms. The number of hydrogen-bond donors (Lipinski definition) is 2. The molecule has 0 bridgehead atoms. The maximum atomic E-state index is 12.4. The number of nitrogens with zero attached hydrogens (tertiary/aromatic N) is 1. The van der Waals surface area contributed by atoms with Gasteiger partial charge in [-0.25, -0.2) is 0 Å². The number of aromatic nitrogens is 1. The Labute approximate surface area is 152 Å². The Bertz CT molecular complexity index is 736. The molecule has 0 saturated heterocycles. The van der Waals surface area contributed by atoms with Gasteiger partial charge in [-0.05, 0) is 35.6 Å². The molecular formula is C20H22N2O4. The van der Waals surface area contributed by atoms with Crippen LogP contribution in [0, 0.1) is 5.92 Å². The quantitative estimate of drug-likeness (QED) is 0.722. The second-order valence-corrected chi connectivity index (χ2v) is 6.53. The van der Waals surface area contributed by atoms with Gasteiger partial charge in [0.15, 0.2) is 0 Å². The second-order valence-electron chi connectivity index (χ2n) is 6.53. The summed E-state index contributed by atoms with van der Waals surface area (Å²) < 4.78 is 5.61. The first-order chi connectivity index (χ1) is 12.6. The number of hydrogen-bond acceptors (Lipinski definition) is 4. The van der Waals surface area contributed by atoms with E-state index in [1.165, 1.54) is 0 Å². The molecule has 6 nitrogen and oxygen atoms in total. The van der Waals surface area contributed by atoms with E-state index in [9.17, 15) is 9.59 Å². The lowest BCUT2D eigenvalue weighted by Crippen LogP contribution is -2.40. The van der Waals surface area contributed by atoms with Crippen molar-refractivity contribution in [3.8, 4) is 0 Å². The number of rotatable bonds is 9. The van der Waals surface area contributed by atoms with Crippen molar-refractivity contribution < 1.29 is 19.4 Å². The summed E-state index contributed by atoms with van der Waals surface area (Å²) in [6, 6.07) is 12.9. The Morgan fingerprint density at radius 3 is 2.62 bits per heavy atom. The van der Waals surface area contributed by atoms with Crippen LogP contribution in [-0.4, -0.2) is 34.6 Å². The molecule has 2 aromatic rings. The number of amides is 1. The van der Waals surface area contributed by atoms with Crippen molar-refractivity contribution in [3.63, 3.8) is 0 Å². The van der Waals surface area contributed by atoms with Gasteiger partial charge < -0.3 is 15.2 Å². The van der Waals surface area contributed by atoms with Gasteiger partial charge >= 0.3 is 5.97 Å². The number of benzene rings is 1. The number of aliphatic carboxylic acids is 1. The molecule has 1 fully saturated rings. The van der Waals surface area contributed by atoms with Crippen LogP contribution in [0.15, 0.2) is 54.9 Å². The fourth-order valence-corrected chi connectivity index (χ4v) is 3.03. The molecular weight excluding hydrogens is 332 g/mol. The Balaban J connectivity index is 1.50. The van der Waals surface area contributed by atoms with Crippen LogP contribution in [0.3, 0.4) is 0 Å². The van der Waals surface area contributed by atoms with Crippen LogP contribution < -0.4 is 5.32 Å². The standard InChI is InChI=1S/C20H22N2O4/c23-19(24)10-16(13-26-12-14-4-2-1-3-5-14)22-20(25)18-11-17(18)15-6-8-21-9-7-15/h1-9,16-18H,10-13H2,(H,22,25)(H,23,24)/t16-,17-,18+/m1/s1. The zero-order chi connectivity index (χ0) is 18.4. The molecule has 1 aromatic heterocycles. The molecule has 3 rings (SSSR count). The highest BCUT2D eigenvalue weighted by Crippen LogP contribution is 2.47. The van der Waals surface area contributed by atoms with E-state index in [1.54, 1.807) is 12.4 Å². The van der Waals surface area contributed by atoms with Gasteiger partial charge in [0.25, 0.3) is 0 Å². The van der Waals surface area contributed by atoms with Gasteiger partial charge in [0.05, 0.1) is 25.7 Å². The van der Waals surface area contributed by atoms with E-state index >= 15 is 0 Å². The first-order valence-corrected chi connectivity index (χ1v) is 8.67. The van der Waals surface area contributed by atoms with Crippen molar-refractivity contribution in [1.82, 2.24) is 10.3 Å². The van der Waals surface area contributed by atoms with E-state index in [2.05, 4.69) is 10.3 Å². The normalized spacial score (nSPS) is 19.5. The molecule has 0 radical (unpaired) electrons. The molecule has 1 aliphatic carbocycles. The number of carbonyl (C=O) groups is 2. The Morgan fingerprint density at radius 1 is 1.19 bits per heavy atom. The van der Waals surface area contributed by atoms with E-state index in [1.807, 2.05) is 42.5 Å². The van der Waals surface area contributed by atoms with Crippen LogP contribution in [0.25, 0.3) is 0 Å². The van der Waals surface area contributed by atoms with Crippen LogP contribution in [0.4, 0.5) is 0 Å². The summed E-state index contributed by atoms with van der Waals surface area (Å²) in [6.45, 7) is 0.551. The SMILES string of the molecule is O=C(O)C[C@H](COCc1ccccc1)NC(=O)[C@H]1C[C@@H]1c1ccncc1. The van der Waals surface area contributed by atoms with Crippen molar-refractivity contribution in [2.45, 2.75) is 31.4 Å². The van der Waals surface area contributed by atoms with E-state index in [-0.39, 0.29) is 30.8 Å². The number of pyridine rings is 1. The molecule has 136 valence electrons. The van der Waals surface area contributed by atoms with Crippen molar-refractivity contribution in [3.05, 3.63) is 66.0 Å². The average molecular weight is 354 g/mol. The van der Waals surface area contributed by atoms with Gasteiger partial charge in [0.2, 0.25) is 5.91 Å². The van der Waals surface area contributed by atoms with Crippen LogP contribution in [0.1, 0.15) is 29.9 Å². The molecule has 1 saturated carbocycles. The van der Waals surface area contributed by atoms with Gasteiger partial charge in [-0.15, -0.1) is 0 Å². The Hall–Kier alpha value is -2.73. The first-order valence-electron chi connectivity index (χ1n) is 8.67. The molecule has 1 heterocycles. The van der Waals surface area contributed by atoms with E-state index < -0.39 is 12.0 Å². The lowest BCUT2D eigenvalue weighted by Gasteiger charge is -2.17. The molecule has 3 atom stereocenters. The van der Waals surface area contributed by atoms with E-state index in [4.69, 9.17) is 9.84 Å². The third-order valence-electron chi connectivity index (χ3n) is 4.46. The number of carboxylic acids is 1. The zero-order valence-corrected chi connectivity index (χ0v) is 14.4. The highest BCUT2D eigenvalue weighted by Gasteiger charge is 2.44. The summed E-state index contributed by atoms with van der Waals surface area (Å²) in [6.07, 6.45) is 4.05. The van der Waals surface area contributed by atoms with Gasteiger partial charge in [0.1, 0.15) is 0 Å². The van der Waals surface area contributed by atoms with Crippen molar-refractivity contribution in [2.75, 3.05) is 6.61 Å². The highest BCUT2D eigenvalue weighted by atomic mass is 16.5. The minimum Gasteiger partial charge on any atom is -0.481 e. The Morgan fingerprint density at radius 2 is 1.92 bits per heavy atom. The summed E-state index contributed by atoms with van der Waals surface area (Å²) in [7, 11) is 0. The third-order valence-corrected chi connectivity index (χ3v) is 4.46. The number of carboxylic acid groups (broad SMARTS) is 1. The van der Waals surface area contributed by atoms with Crippen LogP contribution in [-0.2, 0) is 20.9 Å². The lowest BCUT2D eigenvalue weighted by molar-refractivity contribution is -0.138. The van der Waals surface area contributed by atoms with Crippen molar-refractivity contribution in [1.29, 1.82) is 0 Å². The van der Waals surface area contributed by atoms with Gasteiger partial charge in [-0.3, -0.25) is 14.6 Å². The van der Waals surface area contributed by atoms with Crippen molar-refractivity contribution in [2.24, 2.45) is 5.92 Å². The molecule has 0 aliphatic heterocycles. The maximum Gasteiger partial charge on any atom is 0.305 e. The van der Waals surface area contributed by atoms with Crippen LogP contribution in [0.2, 0.25) is 0 Å². The van der Waals surface area contributed by atoms with Crippen molar-refractivity contribution >= 4 is 11.9 Å². The monoisotopic (exact) mass is 354 g/mol. The van der Waals surface area contributed by atoms with Crippen LogP contribution >= 0.6 is 0 Å². The fraction of sp³-hybridized carbons (Fsp3) is 0.350. The molecule has 6 heteroatoms. The number of ether oxygens (including phenoxy) is 1. The number of nitrogens with one attached hydrogen (secondary N) is 1. The predicted octanol–water partition coefficient (Wildman–Crippen LogP) is 2.36. The largest absolute Gasteiger partial charge is 0.481 e. The summed E-state index contributed by atoms with van der Waals surface area (Å²) in [5.41, 5.74) is 2.10. The fourth-order valence-electron chi connectivity index (χ4n) is 3.03. The smallest absolute Gasteiger partial charge is 0.305 e. The molecule has 0 unspecified atom stereocenters. The molecule has 1 amide bonds. The highest BCUT2D eigenvalue weighted by molar-refractivity contribution is 5.83. The minimum atomic E-state index is -0.958. The molecule has 26 heavy (non-hydrogen) atoms. The summed E-state index contributed by atoms with van der Waals surface area (Å²) >= 11 is 0.